The standard InChI is InChI=1S/C14H30.C3H8.2C2H6/c1-5-7-8-9-11-14(10-6-2)12-13(3)4;1-3-2;2*1-2/h13-14H,5-12H2,1-4H3;3H2,1-2H3;2*1-2H3. The molecule has 0 heterocycles. The van der Waals surface area contributed by atoms with E-state index < -0.39 is 0 Å². The van der Waals surface area contributed by atoms with Gasteiger partial charge in [-0.3, -0.25) is 0 Å². The van der Waals surface area contributed by atoms with Gasteiger partial charge in [-0.05, 0) is 18.3 Å². The Balaban J connectivity index is -0.000000176. The second kappa shape index (κ2) is 32.1. The van der Waals surface area contributed by atoms with E-state index in [0.29, 0.717) is 0 Å². The van der Waals surface area contributed by atoms with Gasteiger partial charge in [-0.25, -0.2) is 0 Å². The first-order valence-corrected chi connectivity index (χ1v) is 10.1. The molecule has 0 rings (SSSR count). The van der Waals surface area contributed by atoms with Crippen LogP contribution in [0.4, 0.5) is 0 Å². The molecular weight excluding hydrogens is 252 g/mol. The van der Waals surface area contributed by atoms with Crippen LogP contribution >= 0.6 is 0 Å². The third kappa shape index (κ3) is 38.3. The third-order valence-electron chi connectivity index (χ3n) is 2.97. The largest absolute Gasteiger partial charge is 0.0683 e. The molecule has 0 aliphatic carbocycles. The highest BCUT2D eigenvalue weighted by atomic mass is 14.1. The van der Waals surface area contributed by atoms with Crippen molar-refractivity contribution >= 4 is 0 Å². The minimum Gasteiger partial charge on any atom is -0.0683 e. The topological polar surface area (TPSA) is 0 Å². The van der Waals surface area contributed by atoms with Gasteiger partial charge in [0.25, 0.3) is 0 Å². The van der Waals surface area contributed by atoms with Crippen LogP contribution in [0.5, 0.6) is 0 Å². The Morgan fingerprint density at radius 2 is 1.10 bits per heavy atom. The van der Waals surface area contributed by atoms with Crippen LogP contribution in [0.2, 0.25) is 0 Å². The first-order chi connectivity index (χ1) is 10.1. The van der Waals surface area contributed by atoms with Crippen molar-refractivity contribution in [2.75, 3.05) is 0 Å². The van der Waals surface area contributed by atoms with Crippen LogP contribution in [-0.2, 0) is 0 Å². The van der Waals surface area contributed by atoms with Crippen LogP contribution < -0.4 is 0 Å². The van der Waals surface area contributed by atoms with Crippen LogP contribution in [0.1, 0.15) is 127 Å². The third-order valence-corrected chi connectivity index (χ3v) is 2.97. The van der Waals surface area contributed by atoms with Gasteiger partial charge in [-0.15, -0.1) is 0 Å². The van der Waals surface area contributed by atoms with Crippen LogP contribution in [0.25, 0.3) is 0 Å². The number of hydrogen-bond acceptors (Lipinski definition) is 0. The first kappa shape index (κ1) is 29.1. The molecule has 0 radical (unpaired) electrons. The highest BCUT2D eigenvalue weighted by Gasteiger charge is 2.09. The van der Waals surface area contributed by atoms with Crippen molar-refractivity contribution < 1.29 is 0 Å². The summed E-state index contributed by atoms with van der Waals surface area (Å²) in [6.45, 7) is 21.6. The second-order valence-electron chi connectivity index (χ2n) is 5.84. The highest BCUT2D eigenvalue weighted by molar-refractivity contribution is 4.61. The van der Waals surface area contributed by atoms with Gasteiger partial charge < -0.3 is 0 Å². The molecule has 0 aromatic carbocycles. The van der Waals surface area contributed by atoms with E-state index in [1.807, 2.05) is 27.7 Å². The maximum atomic E-state index is 2.36. The predicted molar refractivity (Wildman–Crippen MR) is 105 cm³/mol. The molecule has 0 aliphatic heterocycles. The molecule has 0 bridgehead atoms. The SMILES string of the molecule is CC.CC.CCC.CCCCCCC(CCC)CC(C)C. The smallest absolute Gasteiger partial charge is 0.0412 e. The summed E-state index contributed by atoms with van der Waals surface area (Å²) in [5, 5.41) is 0. The van der Waals surface area contributed by atoms with Gasteiger partial charge in [0.05, 0.1) is 0 Å². The summed E-state index contributed by atoms with van der Waals surface area (Å²) >= 11 is 0. The van der Waals surface area contributed by atoms with Gasteiger partial charge in [-0.1, -0.05) is 121 Å². The number of unbranched alkanes of at least 4 members (excludes halogenated alkanes) is 3. The minimum absolute atomic E-state index is 0.887. The van der Waals surface area contributed by atoms with Gasteiger partial charge in [-0.2, -0.15) is 0 Å². The lowest BCUT2D eigenvalue weighted by molar-refractivity contribution is 0.349. The molecule has 134 valence electrons. The zero-order chi connectivity index (χ0) is 17.5. The molecule has 0 saturated carbocycles. The van der Waals surface area contributed by atoms with Crippen molar-refractivity contribution in [3.8, 4) is 0 Å². The quantitative estimate of drug-likeness (QED) is 0.373. The molecule has 0 saturated heterocycles. The van der Waals surface area contributed by atoms with Crippen LogP contribution in [-0.4, -0.2) is 0 Å². The fourth-order valence-corrected chi connectivity index (χ4v) is 2.31. The summed E-state index contributed by atoms with van der Waals surface area (Å²) in [7, 11) is 0. The van der Waals surface area contributed by atoms with Crippen molar-refractivity contribution in [2.24, 2.45) is 11.8 Å². The lowest BCUT2D eigenvalue weighted by atomic mass is 9.88. The fourth-order valence-electron chi connectivity index (χ4n) is 2.31. The average molecular weight is 303 g/mol. The minimum atomic E-state index is 0.887. The van der Waals surface area contributed by atoms with E-state index in [0.717, 1.165) is 11.8 Å². The highest BCUT2D eigenvalue weighted by Crippen LogP contribution is 2.23. The Labute approximate surface area is 139 Å². The van der Waals surface area contributed by atoms with Crippen LogP contribution in [0, 0.1) is 11.8 Å². The molecule has 0 aromatic rings. The molecule has 0 aliphatic rings. The van der Waals surface area contributed by atoms with E-state index >= 15 is 0 Å². The molecule has 0 heteroatoms. The van der Waals surface area contributed by atoms with Crippen LogP contribution in [0.15, 0.2) is 0 Å². The summed E-state index contributed by atoms with van der Waals surface area (Å²) < 4.78 is 0. The van der Waals surface area contributed by atoms with Crippen molar-refractivity contribution in [3.63, 3.8) is 0 Å². The van der Waals surface area contributed by atoms with Gasteiger partial charge in [0.2, 0.25) is 0 Å². The van der Waals surface area contributed by atoms with Crippen LogP contribution in [0.3, 0.4) is 0 Å². The van der Waals surface area contributed by atoms with Gasteiger partial charge in [0.1, 0.15) is 0 Å². The molecule has 0 spiro atoms. The summed E-state index contributed by atoms with van der Waals surface area (Å²) in [4.78, 5) is 0. The average Bonchev–Trinajstić information content (AvgIpc) is 2.48. The van der Waals surface area contributed by atoms with Crippen molar-refractivity contribution in [2.45, 2.75) is 127 Å². The summed E-state index contributed by atoms with van der Waals surface area (Å²) in [5.74, 6) is 1.90. The van der Waals surface area contributed by atoms with Gasteiger partial charge in [0, 0.05) is 0 Å². The fraction of sp³-hybridized carbons (Fsp3) is 1.00. The molecule has 0 aromatic heterocycles. The Hall–Kier alpha value is 0. The molecule has 1 atom stereocenters. The Morgan fingerprint density at radius 3 is 1.43 bits per heavy atom. The second-order valence-corrected chi connectivity index (χ2v) is 5.84. The van der Waals surface area contributed by atoms with Crippen molar-refractivity contribution in [1.82, 2.24) is 0 Å². The monoisotopic (exact) mass is 302 g/mol. The predicted octanol–water partition coefficient (Wildman–Crippen LogP) is 8.89. The van der Waals surface area contributed by atoms with Gasteiger partial charge in [0.15, 0.2) is 0 Å². The van der Waals surface area contributed by atoms with E-state index in [-0.39, 0.29) is 0 Å². The van der Waals surface area contributed by atoms with E-state index in [9.17, 15) is 0 Å². The van der Waals surface area contributed by atoms with Crippen molar-refractivity contribution in [3.05, 3.63) is 0 Å². The summed E-state index contributed by atoms with van der Waals surface area (Å²) in [6.07, 6.45) is 12.7. The Kier molecular flexibility index (Phi) is 44.4. The normalized spacial score (nSPS) is 10.4. The number of rotatable bonds is 9. The van der Waals surface area contributed by atoms with E-state index in [2.05, 4.69) is 41.5 Å². The summed E-state index contributed by atoms with van der Waals surface area (Å²) in [6, 6.07) is 0. The maximum Gasteiger partial charge on any atom is -0.0412 e. The van der Waals surface area contributed by atoms with E-state index in [1.165, 1.54) is 57.8 Å². The lowest BCUT2D eigenvalue weighted by Crippen LogP contribution is -2.04. The Bertz CT molecular complexity index is 115. The van der Waals surface area contributed by atoms with Crippen molar-refractivity contribution in [1.29, 1.82) is 0 Å². The summed E-state index contributed by atoms with van der Waals surface area (Å²) in [5.41, 5.74) is 0. The molecule has 21 heavy (non-hydrogen) atoms. The van der Waals surface area contributed by atoms with Gasteiger partial charge >= 0.3 is 0 Å². The molecule has 0 fully saturated rings. The molecular formula is C21H50. The zero-order valence-corrected chi connectivity index (χ0v) is 17.5. The molecule has 0 amide bonds. The molecule has 0 nitrogen and oxygen atoms in total. The van der Waals surface area contributed by atoms with E-state index in [1.54, 1.807) is 0 Å². The zero-order valence-electron chi connectivity index (χ0n) is 17.5. The molecule has 0 N–H and O–H groups in total. The first-order valence-electron chi connectivity index (χ1n) is 10.1. The molecule has 1 unspecified atom stereocenters. The number of hydrogen-bond donors (Lipinski definition) is 0. The maximum absolute atomic E-state index is 2.36. The Morgan fingerprint density at radius 1 is 0.619 bits per heavy atom. The lowest BCUT2D eigenvalue weighted by Gasteiger charge is -2.18. The van der Waals surface area contributed by atoms with E-state index in [4.69, 9.17) is 0 Å².